The third kappa shape index (κ3) is 3.39. The summed E-state index contributed by atoms with van der Waals surface area (Å²) in [4.78, 5) is 10.3. The molecule has 0 amide bonds. The Hall–Kier alpha value is -0.670. The molecule has 1 heterocycles. The van der Waals surface area contributed by atoms with E-state index >= 15 is 0 Å². The van der Waals surface area contributed by atoms with E-state index in [2.05, 4.69) is 13.8 Å². The molecule has 0 radical (unpaired) electrons. The van der Waals surface area contributed by atoms with Crippen LogP contribution in [-0.4, -0.2) is 18.1 Å². The van der Waals surface area contributed by atoms with Crippen LogP contribution in [0.2, 0.25) is 0 Å². The van der Waals surface area contributed by atoms with Crippen LogP contribution in [0.1, 0.15) is 19.4 Å². The summed E-state index contributed by atoms with van der Waals surface area (Å²) in [5.41, 5.74) is 7.29. The number of hydrogen-bond donors (Lipinski definition) is 2. The van der Waals surface area contributed by atoms with Gasteiger partial charge in [0, 0.05) is 11.1 Å². The van der Waals surface area contributed by atoms with E-state index in [1.54, 1.807) is 0 Å². The highest BCUT2D eigenvalue weighted by atomic mass is 31.2. The molecule has 0 spiro atoms. The van der Waals surface area contributed by atoms with E-state index in [0.717, 1.165) is 5.56 Å². The van der Waals surface area contributed by atoms with E-state index < -0.39 is 7.94 Å². The molecule has 4 nitrogen and oxygen atoms in total. The minimum atomic E-state index is -2.72. The van der Waals surface area contributed by atoms with Crippen LogP contribution < -0.4 is 5.73 Å². The van der Waals surface area contributed by atoms with Crippen molar-refractivity contribution in [2.75, 3.05) is 18.9 Å². The fourth-order valence-corrected chi connectivity index (χ4v) is 3.61. The molecule has 0 atom stereocenters. The number of nitrogen functional groups attached to an aromatic ring is 1. The number of hydrogen-bond acceptors (Lipinski definition) is 4. The Bertz CT molecular complexity index is 381. The van der Waals surface area contributed by atoms with Gasteiger partial charge in [-0.25, -0.2) is 0 Å². The third-order valence-electron chi connectivity index (χ3n) is 2.68. The van der Waals surface area contributed by atoms with Gasteiger partial charge in [0.15, 0.2) is 6.16 Å². The van der Waals surface area contributed by atoms with Gasteiger partial charge >= 0.3 is 7.94 Å². The first kappa shape index (κ1) is 12.8. The summed E-state index contributed by atoms with van der Waals surface area (Å²) in [6.45, 7) is 5.18. The van der Waals surface area contributed by atoms with Gasteiger partial charge in [-0.3, -0.25) is 0 Å². The molecule has 0 saturated carbocycles. The van der Waals surface area contributed by atoms with Gasteiger partial charge in [-0.05, 0) is 17.7 Å². The van der Waals surface area contributed by atoms with Gasteiger partial charge in [0.2, 0.25) is 0 Å². The second kappa shape index (κ2) is 4.54. The van der Waals surface area contributed by atoms with Crippen LogP contribution in [0.25, 0.3) is 0 Å². The molecule has 94 valence electrons. The van der Waals surface area contributed by atoms with Gasteiger partial charge in [0.05, 0.1) is 0 Å². The van der Waals surface area contributed by atoms with Gasteiger partial charge in [0.25, 0.3) is 0 Å². The average molecular weight is 256 g/mol. The Labute approximate surface area is 102 Å². The predicted molar refractivity (Wildman–Crippen MR) is 69.4 cm³/mol. The smallest absolute Gasteiger partial charge is 0.399 e. The Morgan fingerprint density at radius 2 is 1.76 bits per heavy atom. The van der Waals surface area contributed by atoms with Crippen LogP contribution in [0.4, 0.5) is 5.69 Å². The molecule has 0 unspecified atom stereocenters. The van der Waals surface area contributed by atoms with Crippen molar-refractivity contribution in [2.45, 2.75) is 20.0 Å². The fraction of sp³-hybridized carbons (Fsp3) is 0.500. The second-order valence-corrected chi connectivity index (χ2v) is 7.36. The zero-order chi connectivity index (χ0) is 12.5. The largest absolute Gasteiger partial charge is 0.413 e. The molecule has 1 saturated heterocycles. The van der Waals surface area contributed by atoms with Crippen LogP contribution in [0.5, 0.6) is 0 Å². The Kier molecular flexibility index (Phi) is 3.41. The van der Waals surface area contributed by atoms with E-state index in [1.165, 1.54) is 0 Å². The monoisotopic (exact) mass is 256 g/mol. The maximum atomic E-state index is 10.3. The fourth-order valence-electron chi connectivity index (χ4n) is 1.58. The summed E-state index contributed by atoms with van der Waals surface area (Å²) in [5, 5.41) is 0. The molecular formula is C12H19NO3P+. The van der Waals surface area contributed by atoms with Crippen LogP contribution in [0.15, 0.2) is 24.3 Å². The van der Waals surface area contributed by atoms with E-state index in [9.17, 15) is 4.89 Å². The summed E-state index contributed by atoms with van der Waals surface area (Å²) < 4.78 is 11.1. The van der Waals surface area contributed by atoms with Crippen molar-refractivity contribution in [3.05, 3.63) is 29.8 Å². The van der Waals surface area contributed by atoms with Crippen molar-refractivity contribution < 1.29 is 13.9 Å². The molecule has 2 rings (SSSR count). The average Bonchev–Trinajstić information content (AvgIpc) is 2.27. The van der Waals surface area contributed by atoms with Gasteiger partial charge < -0.3 is 5.73 Å². The van der Waals surface area contributed by atoms with Crippen molar-refractivity contribution in [3.8, 4) is 0 Å². The number of nitrogens with two attached hydrogens (primary N) is 1. The summed E-state index contributed by atoms with van der Waals surface area (Å²) >= 11 is 0. The molecule has 1 aromatic carbocycles. The maximum absolute atomic E-state index is 10.3. The van der Waals surface area contributed by atoms with Gasteiger partial charge in [-0.1, -0.05) is 26.0 Å². The molecule has 5 heteroatoms. The molecule has 1 fully saturated rings. The lowest BCUT2D eigenvalue weighted by atomic mass is 9.97. The zero-order valence-corrected chi connectivity index (χ0v) is 11.1. The lowest BCUT2D eigenvalue weighted by Crippen LogP contribution is -2.31. The first-order valence-electron chi connectivity index (χ1n) is 5.63. The molecule has 17 heavy (non-hydrogen) atoms. The van der Waals surface area contributed by atoms with Crippen molar-refractivity contribution >= 4 is 13.6 Å². The van der Waals surface area contributed by atoms with Crippen LogP contribution in [0, 0.1) is 5.41 Å². The minimum absolute atomic E-state index is 0.0205. The highest BCUT2D eigenvalue weighted by Gasteiger charge is 2.48. The molecule has 1 aromatic rings. The lowest BCUT2D eigenvalue weighted by Gasteiger charge is -2.31. The standard InChI is InChI=1S/C12H19NO3P/c1-12(2)8-15-17(14,16-9-12)7-10-3-5-11(13)6-4-10/h3-6,14H,7-9,13H2,1-2H3/q+1. The van der Waals surface area contributed by atoms with Gasteiger partial charge in [-0.2, -0.15) is 13.9 Å². The molecule has 1 aliphatic heterocycles. The molecular weight excluding hydrogens is 237 g/mol. The molecule has 3 N–H and O–H groups in total. The van der Waals surface area contributed by atoms with E-state index in [4.69, 9.17) is 14.8 Å². The van der Waals surface area contributed by atoms with Gasteiger partial charge in [0.1, 0.15) is 13.2 Å². The van der Waals surface area contributed by atoms with E-state index in [0.29, 0.717) is 25.1 Å². The summed E-state index contributed by atoms with van der Waals surface area (Å²) in [7, 11) is -2.72. The first-order chi connectivity index (χ1) is 7.89. The van der Waals surface area contributed by atoms with E-state index in [-0.39, 0.29) is 5.41 Å². The Morgan fingerprint density at radius 1 is 1.24 bits per heavy atom. The number of rotatable bonds is 2. The zero-order valence-electron chi connectivity index (χ0n) is 10.2. The summed E-state index contributed by atoms with van der Waals surface area (Å²) in [6, 6.07) is 7.41. The van der Waals surface area contributed by atoms with Crippen molar-refractivity contribution in [1.82, 2.24) is 0 Å². The highest BCUT2D eigenvalue weighted by molar-refractivity contribution is 7.59. The summed E-state index contributed by atoms with van der Waals surface area (Å²) in [5.74, 6) is 0. The Morgan fingerprint density at radius 3 is 2.29 bits per heavy atom. The second-order valence-electron chi connectivity index (χ2n) is 5.25. The predicted octanol–water partition coefficient (Wildman–Crippen LogP) is 2.60. The first-order valence-corrected chi connectivity index (χ1v) is 7.39. The molecule has 0 bridgehead atoms. The highest BCUT2D eigenvalue weighted by Crippen LogP contribution is 2.63. The van der Waals surface area contributed by atoms with Crippen molar-refractivity contribution in [3.63, 3.8) is 0 Å². The number of anilines is 1. The van der Waals surface area contributed by atoms with Crippen LogP contribution >= 0.6 is 7.94 Å². The minimum Gasteiger partial charge on any atom is -0.399 e. The van der Waals surface area contributed by atoms with E-state index in [1.807, 2.05) is 24.3 Å². The molecule has 0 aromatic heterocycles. The van der Waals surface area contributed by atoms with Gasteiger partial charge in [-0.15, -0.1) is 0 Å². The normalized spacial score (nSPS) is 22.3. The lowest BCUT2D eigenvalue weighted by molar-refractivity contribution is 0.0249. The number of benzene rings is 1. The van der Waals surface area contributed by atoms with Crippen molar-refractivity contribution in [1.29, 1.82) is 0 Å². The molecule has 1 aliphatic rings. The third-order valence-corrected chi connectivity index (χ3v) is 4.51. The molecule has 0 aliphatic carbocycles. The summed E-state index contributed by atoms with van der Waals surface area (Å²) in [6.07, 6.45) is 0.420. The topological polar surface area (TPSA) is 64.7 Å². The Balaban J connectivity index is 2.01. The SMILES string of the molecule is CC1(C)CO[P+](O)(Cc2ccc(N)cc2)OC1. The van der Waals surface area contributed by atoms with Crippen LogP contribution in [0.3, 0.4) is 0 Å². The van der Waals surface area contributed by atoms with Crippen LogP contribution in [-0.2, 0) is 15.2 Å². The van der Waals surface area contributed by atoms with Crippen molar-refractivity contribution in [2.24, 2.45) is 5.41 Å². The maximum Gasteiger partial charge on any atom is 0.413 e. The quantitative estimate of drug-likeness (QED) is 0.630.